The van der Waals surface area contributed by atoms with Crippen LogP contribution in [0.3, 0.4) is 0 Å². The maximum absolute atomic E-state index is 11.0. The van der Waals surface area contributed by atoms with Crippen LogP contribution in [0.1, 0.15) is 20.8 Å². The zero-order valence-electron chi connectivity index (χ0n) is 7.56. The molecule has 0 spiro atoms. The molecule has 0 amide bonds. The third kappa shape index (κ3) is 1.54. The van der Waals surface area contributed by atoms with Crippen molar-refractivity contribution in [3.8, 4) is 0 Å². The number of hydrogen-bond acceptors (Lipinski definition) is 4. The predicted octanol–water partition coefficient (Wildman–Crippen LogP) is 0.548. The summed E-state index contributed by atoms with van der Waals surface area (Å²) in [6, 6.07) is 4.18. The van der Waals surface area contributed by atoms with E-state index < -0.39 is 0 Å². The number of hydrogen-bond donors (Lipinski definition) is 1. The fourth-order valence-corrected chi connectivity index (χ4v) is 1.34. The summed E-state index contributed by atoms with van der Waals surface area (Å²) in [6.45, 7) is 0. The first-order chi connectivity index (χ1) is 7.24. The topological polar surface area (TPSA) is 79.9 Å². The SMILES string of the molecule is O=Cc1cc(C=O)c2ccc(=O)[nH]c2n1. The molecule has 5 heteroatoms. The van der Waals surface area contributed by atoms with Gasteiger partial charge in [0, 0.05) is 17.0 Å². The maximum atomic E-state index is 11.0. The van der Waals surface area contributed by atoms with Gasteiger partial charge < -0.3 is 4.98 Å². The van der Waals surface area contributed by atoms with Gasteiger partial charge in [-0.3, -0.25) is 14.4 Å². The highest BCUT2D eigenvalue weighted by Gasteiger charge is 2.04. The third-order valence-electron chi connectivity index (χ3n) is 2.00. The molecule has 0 fully saturated rings. The van der Waals surface area contributed by atoms with Crippen molar-refractivity contribution < 1.29 is 9.59 Å². The number of H-pyrrole nitrogens is 1. The normalized spacial score (nSPS) is 10.1. The molecule has 0 aromatic carbocycles. The van der Waals surface area contributed by atoms with E-state index in [1.807, 2.05) is 0 Å². The number of pyridine rings is 2. The van der Waals surface area contributed by atoms with E-state index >= 15 is 0 Å². The van der Waals surface area contributed by atoms with Crippen LogP contribution in [-0.2, 0) is 0 Å². The van der Waals surface area contributed by atoms with Crippen molar-refractivity contribution >= 4 is 23.6 Å². The Balaban J connectivity index is 2.92. The lowest BCUT2D eigenvalue weighted by Crippen LogP contribution is -2.06. The highest BCUT2D eigenvalue weighted by atomic mass is 16.1. The molecule has 5 nitrogen and oxygen atoms in total. The predicted molar refractivity (Wildman–Crippen MR) is 53.1 cm³/mol. The molecule has 0 unspecified atom stereocenters. The Hall–Kier alpha value is -2.30. The van der Waals surface area contributed by atoms with Crippen molar-refractivity contribution in [2.24, 2.45) is 0 Å². The average molecular weight is 202 g/mol. The van der Waals surface area contributed by atoms with E-state index in [2.05, 4.69) is 9.97 Å². The lowest BCUT2D eigenvalue weighted by molar-refractivity contribution is 0.111. The second-order valence-corrected chi connectivity index (χ2v) is 2.96. The van der Waals surface area contributed by atoms with Crippen LogP contribution in [0.5, 0.6) is 0 Å². The summed E-state index contributed by atoms with van der Waals surface area (Å²) in [7, 11) is 0. The van der Waals surface area contributed by atoms with E-state index in [-0.39, 0.29) is 16.9 Å². The number of aldehydes is 2. The molecule has 15 heavy (non-hydrogen) atoms. The van der Waals surface area contributed by atoms with E-state index in [4.69, 9.17) is 0 Å². The summed E-state index contributed by atoms with van der Waals surface area (Å²) in [5, 5.41) is 0.523. The van der Waals surface area contributed by atoms with Gasteiger partial charge in [0.25, 0.3) is 0 Å². The Bertz CT molecular complexity index is 601. The number of nitrogens with one attached hydrogen (secondary N) is 1. The molecule has 0 bridgehead atoms. The van der Waals surface area contributed by atoms with Gasteiger partial charge in [0.2, 0.25) is 5.56 Å². The Kier molecular flexibility index (Phi) is 2.13. The fraction of sp³-hybridized carbons (Fsp3) is 0. The first kappa shape index (κ1) is 9.26. The first-order valence-electron chi connectivity index (χ1n) is 4.19. The zero-order valence-corrected chi connectivity index (χ0v) is 7.56. The van der Waals surface area contributed by atoms with Crippen molar-refractivity contribution in [1.29, 1.82) is 0 Å². The molecule has 2 aromatic heterocycles. The van der Waals surface area contributed by atoms with Gasteiger partial charge in [-0.15, -0.1) is 0 Å². The van der Waals surface area contributed by atoms with Gasteiger partial charge in [-0.25, -0.2) is 4.98 Å². The van der Waals surface area contributed by atoms with Gasteiger partial charge in [-0.2, -0.15) is 0 Å². The average Bonchev–Trinajstić information content (AvgIpc) is 2.26. The van der Waals surface area contributed by atoms with Crippen molar-refractivity contribution in [1.82, 2.24) is 9.97 Å². The molecule has 1 N–H and O–H groups in total. The largest absolute Gasteiger partial charge is 0.307 e. The van der Waals surface area contributed by atoms with Crippen molar-refractivity contribution in [2.75, 3.05) is 0 Å². The number of aromatic amines is 1. The van der Waals surface area contributed by atoms with E-state index in [1.165, 1.54) is 18.2 Å². The van der Waals surface area contributed by atoms with Crippen LogP contribution in [0.15, 0.2) is 23.0 Å². The fourth-order valence-electron chi connectivity index (χ4n) is 1.34. The van der Waals surface area contributed by atoms with Crippen LogP contribution in [0, 0.1) is 0 Å². The number of rotatable bonds is 2. The number of aromatic nitrogens is 2. The summed E-state index contributed by atoms with van der Waals surface area (Å²) in [4.78, 5) is 38.6. The number of fused-ring (bicyclic) bond motifs is 1. The molecule has 0 saturated heterocycles. The quantitative estimate of drug-likeness (QED) is 0.721. The van der Waals surface area contributed by atoms with Crippen LogP contribution in [-0.4, -0.2) is 22.5 Å². The minimum Gasteiger partial charge on any atom is -0.307 e. The van der Waals surface area contributed by atoms with E-state index in [0.29, 0.717) is 23.5 Å². The molecule has 0 atom stereocenters. The lowest BCUT2D eigenvalue weighted by Gasteiger charge is -2.00. The molecule has 2 aromatic rings. The van der Waals surface area contributed by atoms with Gasteiger partial charge in [0.15, 0.2) is 12.6 Å². The highest BCUT2D eigenvalue weighted by molar-refractivity contribution is 5.96. The van der Waals surface area contributed by atoms with E-state index in [1.54, 1.807) is 0 Å². The molecule has 0 radical (unpaired) electrons. The smallest absolute Gasteiger partial charge is 0.249 e. The summed E-state index contributed by atoms with van der Waals surface area (Å²) < 4.78 is 0. The van der Waals surface area contributed by atoms with E-state index in [9.17, 15) is 14.4 Å². The molecular weight excluding hydrogens is 196 g/mol. The molecular formula is C10H6N2O3. The zero-order chi connectivity index (χ0) is 10.8. The Morgan fingerprint density at radius 2 is 2.00 bits per heavy atom. The third-order valence-corrected chi connectivity index (χ3v) is 2.00. The Morgan fingerprint density at radius 3 is 2.67 bits per heavy atom. The monoisotopic (exact) mass is 202 g/mol. The Labute approximate surface area is 83.8 Å². The number of carbonyl (C=O) groups excluding carboxylic acids is 2. The number of carbonyl (C=O) groups is 2. The molecule has 0 aliphatic carbocycles. The maximum Gasteiger partial charge on any atom is 0.249 e. The Morgan fingerprint density at radius 1 is 1.20 bits per heavy atom. The minimum atomic E-state index is -0.324. The van der Waals surface area contributed by atoms with Crippen LogP contribution in [0.2, 0.25) is 0 Å². The summed E-state index contributed by atoms with van der Waals surface area (Å²) in [6.07, 6.45) is 1.15. The molecule has 0 aliphatic rings. The van der Waals surface area contributed by atoms with Gasteiger partial charge in [0.1, 0.15) is 11.3 Å². The minimum absolute atomic E-state index is 0.117. The summed E-state index contributed by atoms with van der Waals surface area (Å²) in [5.41, 5.74) is 0.369. The van der Waals surface area contributed by atoms with Crippen molar-refractivity contribution in [2.45, 2.75) is 0 Å². The molecule has 2 heterocycles. The first-order valence-corrected chi connectivity index (χ1v) is 4.19. The standard InChI is InChI=1S/C10H6N2O3/c13-4-6-3-7(5-14)11-10-8(6)1-2-9(15)12-10/h1-5H,(H,11,12,15). The van der Waals surface area contributed by atoms with Gasteiger partial charge >= 0.3 is 0 Å². The molecule has 0 saturated carbocycles. The van der Waals surface area contributed by atoms with Crippen molar-refractivity contribution in [3.05, 3.63) is 39.8 Å². The van der Waals surface area contributed by atoms with Crippen LogP contribution < -0.4 is 5.56 Å². The lowest BCUT2D eigenvalue weighted by atomic mass is 10.1. The van der Waals surface area contributed by atoms with Gasteiger partial charge in [0.05, 0.1) is 0 Å². The molecule has 0 aliphatic heterocycles. The molecule has 2 rings (SSSR count). The van der Waals surface area contributed by atoms with Crippen molar-refractivity contribution in [3.63, 3.8) is 0 Å². The summed E-state index contributed by atoms with van der Waals surface area (Å²) >= 11 is 0. The highest BCUT2D eigenvalue weighted by Crippen LogP contribution is 2.12. The second-order valence-electron chi connectivity index (χ2n) is 2.96. The second kappa shape index (κ2) is 3.45. The van der Waals surface area contributed by atoms with Crippen LogP contribution >= 0.6 is 0 Å². The van der Waals surface area contributed by atoms with Gasteiger partial charge in [-0.1, -0.05) is 0 Å². The van der Waals surface area contributed by atoms with Crippen LogP contribution in [0.4, 0.5) is 0 Å². The number of nitrogens with zero attached hydrogens (tertiary/aromatic N) is 1. The molecule has 74 valence electrons. The van der Waals surface area contributed by atoms with Gasteiger partial charge in [-0.05, 0) is 12.1 Å². The van der Waals surface area contributed by atoms with E-state index in [0.717, 1.165) is 0 Å². The summed E-state index contributed by atoms with van der Waals surface area (Å²) in [5.74, 6) is 0. The van der Waals surface area contributed by atoms with Crippen LogP contribution in [0.25, 0.3) is 11.0 Å².